The molecule has 10 nitrogen and oxygen atoms in total. The number of aldehydes is 1. The second-order valence-electron chi connectivity index (χ2n) is 12.8. The van der Waals surface area contributed by atoms with E-state index in [1.807, 2.05) is 29.7 Å². The number of hydrogen-bond donors (Lipinski definition) is 1. The van der Waals surface area contributed by atoms with Gasteiger partial charge in [-0.05, 0) is 86.9 Å². The minimum atomic E-state index is -0.931. The molecule has 2 saturated heterocycles. The maximum atomic E-state index is 11.8. The van der Waals surface area contributed by atoms with Crippen molar-refractivity contribution in [2.75, 3.05) is 26.3 Å². The Morgan fingerprint density at radius 2 is 1.80 bits per heavy atom. The number of carbonyl (C=O) groups excluding carboxylic acids is 1. The van der Waals surface area contributed by atoms with Crippen LogP contribution in [0.5, 0.6) is 0 Å². The van der Waals surface area contributed by atoms with Crippen LogP contribution in [0.15, 0.2) is 60.8 Å². The molecule has 10 heteroatoms. The van der Waals surface area contributed by atoms with Crippen molar-refractivity contribution in [1.82, 2.24) is 29.4 Å². The molecule has 3 aromatic heterocycles. The molecule has 2 aliphatic rings. The molecule has 0 aliphatic carbocycles. The van der Waals surface area contributed by atoms with E-state index in [0.717, 1.165) is 77.8 Å². The van der Waals surface area contributed by atoms with E-state index in [2.05, 4.69) is 69.5 Å². The summed E-state index contributed by atoms with van der Waals surface area (Å²) >= 11 is 0. The molecule has 0 amide bonds. The van der Waals surface area contributed by atoms with E-state index in [9.17, 15) is 14.7 Å². The second kappa shape index (κ2) is 12.8. The van der Waals surface area contributed by atoms with Gasteiger partial charge in [-0.15, -0.1) is 5.10 Å². The van der Waals surface area contributed by atoms with Crippen LogP contribution in [0.4, 0.5) is 0 Å². The number of piperidine rings is 1. The molecule has 1 unspecified atom stereocenters. The van der Waals surface area contributed by atoms with Gasteiger partial charge in [-0.1, -0.05) is 41.6 Å². The summed E-state index contributed by atoms with van der Waals surface area (Å²) in [6.07, 6.45) is 6.31. The molecule has 238 valence electrons. The van der Waals surface area contributed by atoms with Crippen LogP contribution in [-0.4, -0.2) is 79.2 Å². The monoisotopic (exact) mass is 620 g/mol. The molecular weight excluding hydrogens is 580 g/mol. The Balaban J connectivity index is 1.35. The number of fused-ring (bicyclic) bond motifs is 3. The van der Waals surface area contributed by atoms with Crippen molar-refractivity contribution in [1.29, 1.82) is 0 Å². The normalized spacial score (nSPS) is 18.2. The lowest BCUT2D eigenvalue weighted by molar-refractivity contribution is -0.145. The van der Waals surface area contributed by atoms with Crippen LogP contribution in [0.1, 0.15) is 60.9 Å². The van der Waals surface area contributed by atoms with Gasteiger partial charge in [0.2, 0.25) is 0 Å². The second-order valence-corrected chi connectivity index (χ2v) is 12.8. The maximum Gasteiger partial charge on any atom is 0.321 e. The minimum absolute atomic E-state index is 0.0171. The number of carboxylic acids is 1. The van der Waals surface area contributed by atoms with Gasteiger partial charge in [-0.3, -0.25) is 14.7 Å². The quantitative estimate of drug-likeness (QED) is 0.214. The van der Waals surface area contributed by atoms with E-state index in [4.69, 9.17) is 9.72 Å². The van der Waals surface area contributed by atoms with Crippen LogP contribution in [0.25, 0.3) is 33.2 Å². The fraction of sp³-hybridized carbons (Fsp3) is 0.417. The predicted octanol–water partition coefficient (Wildman–Crippen LogP) is 5.53. The Kier molecular flexibility index (Phi) is 8.40. The third-order valence-electron chi connectivity index (χ3n) is 10.1. The molecule has 0 radical (unpaired) electrons. The largest absolute Gasteiger partial charge is 0.480 e. The summed E-state index contributed by atoms with van der Waals surface area (Å²) in [6.45, 7) is 4.79. The molecule has 7 rings (SSSR count). The zero-order valence-corrected chi connectivity index (χ0v) is 26.4. The van der Waals surface area contributed by atoms with Crippen LogP contribution >= 0.6 is 0 Å². The Morgan fingerprint density at radius 1 is 1.04 bits per heavy atom. The number of aromatic nitrogens is 5. The lowest BCUT2D eigenvalue weighted by Gasteiger charge is -2.35. The maximum absolute atomic E-state index is 11.8. The number of aryl methyl sites for hydroxylation is 2. The zero-order valence-electron chi connectivity index (χ0n) is 26.4. The number of aliphatic carboxylic acids is 1. The fourth-order valence-corrected chi connectivity index (χ4v) is 7.82. The first-order chi connectivity index (χ1) is 22.4. The number of rotatable bonds is 9. The van der Waals surface area contributed by atoms with Gasteiger partial charge in [0.25, 0.3) is 0 Å². The summed E-state index contributed by atoms with van der Waals surface area (Å²) in [5.41, 5.74) is 8.52. The number of carbonyl (C=O) groups is 2. The Morgan fingerprint density at radius 3 is 2.48 bits per heavy atom. The first-order valence-corrected chi connectivity index (χ1v) is 16.3. The molecular formula is C36H40N6O4. The van der Waals surface area contributed by atoms with Gasteiger partial charge in [0.1, 0.15) is 12.3 Å². The minimum Gasteiger partial charge on any atom is -0.480 e. The van der Waals surface area contributed by atoms with Gasteiger partial charge >= 0.3 is 5.97 Å². The van der Waals surface area contributed by atoms with Crippen LogP contribution in [-0.2, 0) is 21.4 Å². The van der Waals surface area contributed by atoms with Crippen LogP contribution in [0.3, 0.4) is 0 Å². The molecule has 5 heterocycles. The average Bonchev–Trinajstić information content (AvgIpc) is 3.59. The summed E-state index contributed by atoms with van der Waals surface area (Å²) in [5, 5.41) is 19.4. The number of benzene rings is 2. The lowest BCUT2D eigenvalue weighted by atomic mass is 9.86. The third kappa shape index (κ3) is 5.49. The predicted molar refractivity (Wildman–Crippen MR) is 176 cm³/mol. The number of likely N-dealkylation sites (tertiary alicyclic amines) is 1. The van der Waals surface area contributed by atoms with Crippen molar-refractivity contribution in [3.05, 3.63) is 77.6 Å². The van der Waals surface area contributed by atoms with E-state index in [-0.39, 0.29) is 12.5 Å². The van der Waals surface area contributed by atoms with E-state index in [1.54, 1.807) is 0 Å². The van der Waals surface area contributed by atoms with Crippen molar-refractivity contribution in [3.8, 4) is 11.3 Å². The van der Waals surface area contributed by atoms with E-state index in [0.29, 0.717) is 31.2 Å². The van der Waals surface area contributed by atoms with E-state index < -0.39 is 12.0 Å². The summed E-state index contributed by atoms with van der Waals surface area (Å²) in [7, 11) is 1.92. The highest BCUT2D eigenvalue weighted by Gasteiger charge is 2.32. The van der Waals surface area contributed by atoms with E-state index >= 15 is 0 Å². The average molecular weight is 621 g/mol. The number of hydrogen-bond acceptors (Lipinski definition) is 7. The first-order valence-electron chi connectivity index (χ1n) is 16.3. The van der Waals surface area contributed by atoms with Gasteiger partial charge in [-0.25, -0.2) is 4.68 Å². The first kappa shape index (κ1) is 30.3. The van der Waals surface area contributed by atoms with Gasteiger partial charge in [0, 0.05) is 43.8 Å². The van der Waals surface area contributed by atoms with Gasteiger partial charge in [-0.2, -0.15) is 0 Å². The van der Waals surface area contributed by atoms with Crippen LogP contribution < -0.4 is 0 Å². The van der Waals surface area contributed by atoms with Gasteiger partial charge in [0.15, 0.2) is 0 Å². The van der Waals surface area contributed by atoms with Crippen LogP contribution in [0, 0.1) is 12.8 Å². The van der Waals surface area contributed by atoms with Gasteiger partial charge in [0.05, 0.1) is 34.0 Å². The number of ether oxygens (including phenoxy) is 1. The molecule has 0 saturated carbocycles. The number of nitrogens with zero attached hydrogens (tertiary/aromatic N) is 6. The molecule has 46 heavy (non-hydrogen) atoms. The molecule has 2 fully saturated rings. The van der Waals surface area contributed by atoms with Crippen molar-refractivity contribution >= 4 is 34.2 Å². The summed E-state index contributed by atoms with van der Waals surface area (Å²) in [4.78, 5) is 30.0. The summed E-state index contributed by atoms with van der Waals surface area (Å²) < 4.78 is 10.1. The molecule has 2 atom stereocenters. The lowest BCUT2D eigenvalue weighted by Crippen LogP contribution is -2.45. The Labute approximate surface area is 268 Å². The van der Waals surface area contributed by atoms with Crippen molar-refractivity contribution < 1.29 is 19.4 Å². The summed E-state index contributed by atoms with van der Waals surface area (Å²) in [5.74, 6) is -0.233. The molecule has 0 spiro atoms. The molecule has 5 aromatic rings. The highest BCUT2D eigenvalue weighted by Crippen LogP contribution is 2.42. The van der Waals surface area contributed by atoms with E-state index in [1.165, 1.54) is 11.1 Å². The Hall–Kier alpha value is -4.41. The smallest absolute Gasteiger partial charge is 0.321 e. The van der Waals surface area contributed by atoms with Crippen molar-refractivity contribution in [2.24, 2.45) is 13.0 Å². The van der Waals surface area contributed by atoms with Crippen molar-refractivity contribution in [2.45, 2.75) is 57.0 Å². The van der Waals surface area contributed by atoms with Gasteiger partial charge < -0.3 is 19.2 Å². The van der Waals surface area contributed by atoms with Crippen molar-refractivity contribution in [3.63, 3.8) is 0 Å². The Bertz CT molecular complexity index is 1850. The summed E-state index contributed by atoms with van der Waals surface area (Å²) in [6, 6.07) is 19.2. The number of pyridine rings is 1. The standard InChI is InChI=1S/C36H40N6O4/c1-23-34(40(2)39-38-23)28-21-32-33(37-22-28)29-20-27(24-10-15-41(16-11-24)31(12-17-43)36(44)45)8-9-30(29)42(32)35(25-6-4-3-5-7-25)26-13-18-46-19-14-26/h3-9,17,20-22,24,26,31,35H,10-16,18-19H2,1-2H3,(H,44,45)/t31?,35-/m1/s1. The highest BCUT2D eigenvalue weighted by molar-refractivity contribution is 6.07. The molecule has 2 aliphatic heterocycles. The third-order valence-corrected chi connectivity index (χ3v) is 10.1. The SMILES string of the molecule is Cc1nnn(C)c1-c1cnc2c3cc(C4CCN(C(CC=O)C(=O)O)CC4)ccc3n([C@H](c3ccccc3)C3CCOCC3)c2c1. The topological polar surface area (TPSA) is 115 Å². The highest BCUT2D eigenvalue weighted by atomic mass is 16.5. The molecule has 2 aromatic carbocycles. The molecule has 1 N–H and O–H groups in total. The molecule has 0 bridgehead atoms. The van der Waals surface area contributed by atoms with Crippen LogP contribution in [0.2, 0.25) is 0 Å². The fourth-order valence-electron chi connectivity index (χ4n) is 7.82. The zero-order chi connectivity index (χ0) is 31.8. The number of carboxylic acid groups (broad SMARTS) is 1.